The molecule has 7 rings (SSSR count). The van der Waals surface area contributed by atoms with Crippen molar-refractivity contribution in [2.75, 3.05) is 19.7 Å². The fraction of sp³-hybridized carbons (Fsp3) is 0.400. The lowest BCUT2D eigenvalue weighted by Gasteiger charge is -2.32. The number of carboxylic acids is 1. The molecule has 3 fully saturated rings. The van der Waals surface area contributed by atoms with E-state index in [1.807, 2.05) is 12.1 Å². The number of aromatic nitrogens is 3. The Kier molecular flexibility index (Phi) is 6.49. The summed E-state index contributed by atoms with van der Waals surface area (Å²) in [7, 11) is 0. The number of pyridine rings is 1. The van der Waals surface area contributed by atoms with Crippen LogP contribution in [0.25, 0.3) is 10.3 Å². The Balaban J connectivity index is 1.03. The first kappa shape index (κ1) is 26.1. The molecule has 5 heterocycles. The minimum absolute atomic E-state index is 0.0293. The molecule has 4 aromatic rings. The van der Waals surface area contributed by atoms with Gasteiger partial charge < -0.3 is 19.1 Å². The summed E-state index contributed by atoms with van der Waals surface area (Å²) in [5.41, 5.74) is 2.45. The summed E-state index contributed by atoms with van der Waals surface area (Å²) in [5.74, 6) is 0.515. The average molecular weight is 574 g/mol. The summed E-state index contributed by atoms with van der Waals surface area (Å²) in [5, 5.41) is 18.4. The van der Waals surface area contributed by atoms with Crippen molar-refractivity contribution in [1.29, 1.82) is 5.26 Å². The highest BCUT2D eigenvalue weighted by atomic mass is 32.1. The van der Waals surface area contributed by atoms with Crippen LogP contribution in [0.2, 0.25) is 0 Å². The minimum Gasteiger partial charge on any atom is -0.477 e. The molecule has 1 aromatic carbocycles. The molecule has 11 heteroatoms. The van der Waals surface area contributed by atoms with Gasteiger partial charge in [-0.3, -0.25) is 4.90 Å². The quantitative estimate of drug-likeness (QED) is 0.306. The van der Waals surface area contributed by atoms with Crippen molar-refractivity contribution in [3.63, 3.8) is 0 Å². The van der Waals surface area contributed by atoms with Gasteiger partial charge in [0.2, 0.25) is 5.88 Å². The molecule has 3 atom stereocenters. The highest BCUT2D eigenvalue weighted by molar-refractivity contribution is 7.20. The number of carbonyl (C=O) groups is 1. The van der Waals surface area contributed by atoms with Gasteiger partial charge in [0, 0.05) is 30.2 Å². The number of imidazole rings is 1. The molecule has 0 spiro atoms. The van der Waals surface area contributed by atoms with E-state index in [2.05, 4.69) is 15.5 Å². The topological polar surface area (TPSA) is 114 Å². The number of likely N-dealkylation sites (tertiary alicyclic amines) is 1. The molecular weight excluding hydrogens is 545 g/mol. The third-order valence-electron chi connectivity index (χ3n) is 8.63. The van der Waals surface area contributed by atoms with E-state index in [0.29, 0.717) is 35.3 Å². The fourth-order valence-corrected chi connectivity index (χ4v) is 7.10. The van der Waals surface area contributed by atoms with Crippen LogP contribution in [0.3, 0.4) is 0 Å². The molecule has 2 aliphatic heterocycles. The summed E-state index contributed by atoms with van der Waals surface area (Å²) >= 11 is 1.28. The first-order chi connectivity index (χ1) is 19.9. The second kappa shape index (κ2) is 10.2. The first-order valence-electron chi connectivity index (χ1n) is 13.8. The molecule has 9 nitrogen and oxygen atoms in total. The van der Waals surface area contributed by atoms with Crippen molar-refractivity contribution >= 4 is 27.7 Å². The van der Waals surface area contributed by atoms with Crippen LogP contribution in [0.15, 0.2) is 42.5 Å². The number of ether oxygens (including phenoxy) is 2. The largest absolute Gasteiger partial charge is 0.477 e. The van der Waals surface area contributed by atoms with E-state index in [1.165, 1.54) is 17.4 Å². The van der Waals surface area contributed by atoms with Gasteiger partial charge in [0.25, 0.3) is 0 Å². The Labute approximate surface area is 239 Å². The van der Waals surface area contributed by atoms with Crippen LogP contribution in [0, 0.1) is 23.1 Å². The average Bonchev–Trinajstić information content (AvgIpc) is 3.40. The molecule has 3 aromatic heterocycles. The van der Waals surface area contributed by atoms with Crippen molar-refractivity contribution in [3.8, 4) is 11.9 Å². The first-order valence-corrected chi connectivity index (χ1v) is 14.6. The third-order valence-corrected chi connectivity index (χ3v) is 9.77. The molecule has 210 valence electrons. The maximum Gasteiger partial charge on any atom is 0.346 e. The minimum atomic E-state index is -0.924. The number of fused-ring (bicyclic) bond motifs is 2. The van der Waals surface area contributed by atoms with E-state index in [9.17, 15) is 14.3 Å². The number of nitrogens with zero attached hydrogens (tertiary/aromatic N) is 5. The lowest BCUT2D eigenvalue weighted by molar-refractivity contribution is -0.0591. The lowest BCUT2D eigenvalue weighted by atomic mass is 9.91. The van der Waals surface area contributed by atoms with E-state index < -0.39 is 11.8 Å². The van der Waals surface area contributed by atoms with E-state index in [0.717, 1.165) is 60.8 Å². The zero-order valence-corrected chi connectivity index (χ0v) is 23.1. The SMILES string of the molecule is N#Cc1ccc(COc2cccc(C34CCN(Cc5nc6cc(C(=O)O)sc6n5CC5CCO5)CC3C4)n2)c(F)c1. The number of nitriles is 1. The number of thiophene rings is 1. The van der Waals surface area contributed by atoms with Crippen molar-refractivity contribution < 1.29 is 23.8 Å². The van der Waals surface area contributed by atoms with Crippen LogP contribution in [0.4, 0.5) is 4.39 Å². The predicted octanol–water partition coefficient (Wildman–Crippen LogP) is 4.73. The Morgan fingerprint density at radius 1 is 1.29 bits per heavy atom. The predicted molar refractivity (Wildman–Crippen MR) is 148 cm³/mol. The van der Waals surface area contributed by atoms with Crippen molar-refractivity contribution in [2.24, 2.45) is 5.92 Å². The monoisotopic (exact) mass is 573 g/mol. The molecule has 2 saturated heterocycles. The molecule has 3 unspecified atom stereocenters. The highest BCUT2D eigenvalue weighted by Crippen LogP contribution is 2.59. The summed E-state index contributed by atoms with van der Waals surface area (Å²) in [4.78, 5) is 24.8. The second-order valence-electron chi connectivity index (χ2n) is 11.1. The van der Waals surface area contributed by atoms with E-state index in [1.54, 1.807) is 24.3 Å². The molecule has 1 saturated carbocycles. The molecule has 41 heavy (non-hydrogen) atoms. The molecule has 1 N–H and O–H groups in total. The Morgan fingerprint density at radius 3 is 2.90 bits per heavy atom. The number of aromatic carboxylic acids is 1. The van der Waals surface area contributed by atoms with Gasteiger partial charge in [-0.25, -0.2) is 19.2 Å². The summed E-state index contributed by atoms with van der Waals surface area (Å²) < 4.78 is 28.0. The summed E-state index contributed by atoms with van der Waals surface area (Å²) in [6.07, 6.45) is 3.18. The number of hydrogen-bond donors (Lipinski definition) is 1. The third kappa shape index (κ3) is 4.86. The summed E-state index contributed by atoms with van der Waals surface area (Å²) in [6.45, 7) is 4.05. The van der Waals surface area contributed by atoms with Gasteiger partial charge in [0.1, 0.15) is 33.5 Å². The molecule has 0 bridgehead atoms. The highest BCUT2D eigenvalue weighted by Gasteiger charge is 2.58. The lowest BCUT2D eigenvalue weighted by Crippen LogP contribution is -2.37. The van der Waals surface area contributed by atoms with Gasteiger partial charge >= 0.3 is 5.97 Å². The van der Waals surface area contributed by atoms with E-state index in [4.69, 9.17) is 24.7 Å². The Morgan fingerprint density at radius 2 is 2.17 bits per heavy atom. The van der Waals surface area contributed by atoms with Gasteiger partial charge in [0.05, 0.1) is 36.5 Å². The van der Waals surface area contributed by atoms with Gasteiger partial charge in [-0.05, 0) is 56.0 Å². The van der Waals surface area contributed by atoms with Gasteiger partial charge in [-0.15, -0.1) is 11.3 Å². The number of piperidine rings is 1. The van der Waals surface area contributed by atoms with Crippen molar-refractivity contribution in [1.82, 2.24) is 19.4 Å². The number of benzene rings is 1. The molecule has 0 radical (unpaired) electrons. The maximum absolute atomic E-state index is 14.3. The summed E-state index contributed by atoms with van der Waals surface area (Å²) in [6, 6.07) is 13.8. The zero-order valence-electron chi connectivity index (χ0n) is 22.3. The molecule has 1 aliphatic carbocycles. The van der Waals surface area contributed by atoms with Gasteiger partial charge in [0.15, 0.2) is 0 Å². The van der Waals surface area contributed by atoms with Gasteiger partial charge in [-0.1, -0.05) is 12.1 Å². The Hall–Kier alpha value is -3.85. The number of rotatable bonds is 9. The molecular formula is C30H28FN5O4S. The zero-order chi connectivity index (χ0) is 28.1. The van der Waals surface area contributed by atoms with Crippen LogP contribution >= 0.6 is 11.3 Å². The van der Waals surface area contributed by atoms with Gasteiger partial charge in [-0.2, -0.15) is 5.26 Å². The molecule has 0 amide bonds. The van der Waals surface area contributed by atoms with Crippen LogP contribution in [0.1, 0.15) is 51.6 Å². The van der Waals surface area contributed by atoms with Crippen LogP contribution in [-0.2, 0) is 29.8 Å². The van der Waals surface area contributed by atoms with Crippen molar-refractivity contribution in [2.45, 2.75) is 50.5 Å². The smallest absolute Gasteiger partial charge is 0.346 e. The van der Waals surface area contributed by atoms with Crippen LogP contribution < -0.4 is 4.74 Å². The standard InChI is InChI=1S/C30H28FN5O4S/c31-22-10-18(13-32)4-5-19(22)17-40-27-3-1-2-25(34-27)30-7-8-35(14-20(30)12-30)16-26-33-23-11-24(29(37)38)41-28(23)36(26)15-21-6-9-39-21/h1-5,10-11,20-21H,6-9,12,14-17H2,(H,37,38). The molecule has 3 aliphatic rings. The van der Waals surface area contributed by atoms with E-state index in [-0.39, 0.29) is 23.7 Å². The normalized spacial score (nSPS) is 23.5. The number of halogens is 1. The van der Waals surface area contributed by atoms with Crippen LogP contribution in [-0.4, -0.2) is 56.3 Å². The maximum atomic E-state index is 14.3. The van der Waals surface area contributed by atoms with E-state index >= 15 is 0 Å². The Bertz CT molecular complexity index is 1690. The van der Waals surface area contributed by atoms with Crippen molar-refractivity contribution in [3.05, 3.63) is 75.8 Å². The second-order valence-corrected chi connectivity index (χ2v) is 12.2. The van der Waals surface area contributed by atoms with Crippen LogP contribution in [0.5, 0.6) is 5.88 Å². The fourth-order valence-electron chi connectivity index (χ4n) is 6.14. The number of hydrogen-bond acceptors (Lipinski definition) is 8. The number of carboxylic acid groups (broad SMARTS) is 1.